The van der Waals surface area contributed by atoms with E-state index in [9.17, 15) is 0 Å². The van der Waals surface area contributed by atoms with E-state index >= 15 is 0 Å². The number of rotatable bonds is 5. The maximum atomic E-state index is 5.78. The minimum absolute atomic E-state index is 0.0768. The van der Waals surface area contributed by atoms with Gasteiger partial charge in [0.25, 0.3) is 0 Å². The van der Waals surface area contributed by atoms with Gasteiger partial charge in [0.2, 0.25) is 5.88 Å². The van der Waals surface area contributed by atoms with Crippen molar-refractivity contribution < 1.29 is 4.74 Å². The molecule has 0 aliphatic rings. The first-order chi connectivity index (χ1) is 9.94. The van der Waals surface area contributed by atoms with Gasteiger partial charge in [-0.1, -0.05) is 40.2 Å². The molecule has 0 fully saturated rings. The van der Waals surface area contributed by atoms with Crippen molar-refractivity contribution in [3.63, 3.8) is 0 Å². The van der Waals surface area contributed by atoms with Crippen LogP contribution in [-0.4, -0.2) is 10.5 Å². The van der Waals surface area contributed by atoms with Crippen molar-refractivity contribution in [3.8, 4) is 5.88 Å². The molecule has 0 unspecified atom stereocenters. The molecule has 0 bridgehead atoms. The zero-order valence-corrected chi connectivity index (χ0v) is 14.3. The highest BCUT2D eigenvalue weighted by Gasteiger charge is 2.09. The second-order valence-corrected chi connectivity index (χ2v) is 6.81. The van der Waals surface area contributed by atoms with Gasteiger partial charge in [0.1, 0.15) is 6.61 Å². The van der Waals surface area contributed by atoms with Crippen molar-refractivity contribution in [2.24, 2.45) is 0 Å². The number of halogens is 1. The molecule has 0 saturated carbocycles. The first-order valence-corrected chi connectivity index (χ1v) is 7.80. The molecular weight excluding hydrogens is 328 g/mol. The lowest BCUT2D eigenvalue weighted by Crippen LogP contribution is -2.35. The summed E-state index contributed by atoms with van der Waals surface area (Å²) in [6.45, 7) is 7.65. The van der Waals surface area contributed by atoms with Crippen LogP contribution in [0.2, 0.25) is 0 Å². The van der Waals surface area contributed by atoms with Gasteiger partial charge < -0.3 is 10.1 Å². The van der Waals surface area contributed by atoms with E-state index in [-0.39, 0.29) is 5.54 Å². The Morgan fingerprint density at radius 3 is 2.57 bits per heavy atom. The van der Waals surface area contributed by atoms with E-state index < -0.39 is 0 Å². The second kappa shape index (κ2) is 7.05. The standard InChI is InChI=1S/C17H21BrN2O/c1-17(2,3)19-11-14-8-6-10-16(20-14)21-12-13-7-4-5-9-15(13)18/h4-10,19H,11-12H2,1-3H3. The molecule has 4 heteroatoms. The SMILES string of the molecule is CC(C)(C)NCc1cccc(OCc2ccccc2Br)n1. The van der Waals surface area contributed by atoms with Crippen molar-refractivity contribution >= 4 is 15.9 Å². The molecule has 0 saturated heterocycles. The third kappa shape index (κ3) is 5.48. The molecule has 0 aliphatic carbocycles. The number of benzene rings is 1. The summed E-state index contributed by atoms with van der Waals surface area (Å²) in [4.78, 5) is 4.52. The monoisotopic (exact) mass is 348 g/mol. The van der Waals surface area contributed by atoms with Gasteiger partial charge in [-0.2, -0.15) is 0 Å². The normalized spacial score (nSPS) is 11.4. The highest BCUT2D eigenvalue weighted by Crippen LogP contribution is 2.18. The van der Waals surface area contributed by atoms with Crippen LogP contribution in [0.25, 0.3) is 0 Å². The fraction of sp³-hybridized carbons (Fsp3) is 0.353. The van der Waals surface area contributed by atoms with Crippen molar-refractivity contribution in [1.82, 2.24) is 10.3 Å². The summed E-state index contributed by atoms with van der Waals surface area (Å²) in [5, 5.41) is 3.42. The quantitative estimate of drug-likeness (QED) is 0.873. The zero-order valence-electron chi connectivity index (χ0n) is 12.7. The Bertz CT molecular complexity index is 593. The van der Waals surface area contributed by atoms with Gasteiger partial charge in [0.15, 0.2) is 0 Å². The second-order valence-electron chi connectivity index (χ2n) is 5.95. The van der Waals surface area contributed by atoms with Gasteiger partial charge in [-0.05, 0) is 32.9 Å². The van der Waals surface area contributed by atoms with Crippen LogP contribution in [0.5, 0.6) is 5.88 Å². The fourth-order valence-electron chi connectivity index (χ4n) is 1.76. The molecule has 2 rings (SSSR count). The van der Waals surface area contributed by atoms with Gasteiger partial charge >= 0.3 is 0 Å². The predicted molar refractivity (Wildman–Crippen MR) is 89.3 cm³/mol. The summed E-state index contributed by atoms with van der Waals surface area (Å²) in [7, 11) is 0. The molecule has 3 nitrogen and oxygen atoms in total. The highest BCUT2D eigenvalue weighted by molar-refractivity contribution is 9.10. The van der Waals surface area contributed by atoms with Gasteiger partial charge in [-0.15, -0.1) is 0 Å². The number of nitrogens with one attached hydrogen (secondary N) is 1. The number of hydrogen-bond donors (Lipinski definition) is 1. The Morgan fingerprint density at radius 2 is 1.86 bits per heavy atom. The minimum Gasteiger partial charge on any atom is -0.473 e. The van der Waals surface area contributed by atoms with E-state index in [1.165, 1.54) is 0 Å². The molecular formula is C17H21BrN2O. The lowest BCUT2D eigenvalue weighted by molar-refractivity contribution is 0.291. The molecule has 1 aromatic heterocycles. The lowest BCUT2D eigenvalue weighted by atomic mass is 10.1. The van der Waals surface area contributed by atoms with E-state index in [1.807, 2.05) is 42.5 Å². The molecule has 0 spiro atoms. The van der Waals surface area contributed by atoms with E-state index in [4.69, 9.17) is 4.74 Å². The average molecular weight is 349 g/mol. The van der Waals surface area contributed by atoms with E-state index in [0.717, 1.165) is 22.3 Å². The summed E-state index contributed by atoms with van der Waals surface area (Å²) < 4.78 is 6.83. The van der Waals surface area contributed by atoms with Crippen molar-refractivity contribution in [1.29, 1.82) is 0 Å². The molecule has 0 aliphatic heterocycles. The largest absolute Gasteiger partial charge is 0.473 e. The van der Waals surface area contributed by atoms with Gasteiger partial charge in [0, 0.05) is 28.2 Å². The Kier molecular flexibility index (Phi) is 5.37. The van der Waals surface area contributed by atoms with Crippen LogP contribution in [0.3, 0.4) is 0 Å². The Hall–Kier alpha value is -1.39. The lowest BCUT2D eigenvalue weighted by Gasteiger charge is -2.20. The van der Waals surface area contributed by atoms with Crippen LogP contribution in [0.4, 0.5) is 0 Å². The van der Waals surface area contributed by atoms with Gasteiger partial charge in [0.05, 0.1) is 5.69 Å². The summed E-state index contributed by atoms with van der Waals surface area (Å²) in [5.41, 5.74) is 2.17. The number of hydrogen-bond acceptors (Lipinski definition) is 3. The van der Waals surface area contributed by atoms with Crippen LogP contribution in [0.1, 0.15) is 32.0 Å². The molecule has 2 aromatic rings. The Morgan fingerprint density at radius 1 is 1.10 bits per heavy atom. The topological polar surface area (TPSA) is 34.1 Å². The van der Waals surface area contributed by atoms with Crippen molar-refractivity contribution in [3.05, 3.63) is 58.2 Å². The van der Waals surface area contributed by atoms with Crippen LogP contribution in [0.15, 0.2) is 46.9 Å². The first kappa shape index (κ1) is 16.0. The van der Waals surface area contributed by atoms with E-state index in [0.29, 0.717) is 12.5 Å². The third-order valence-corrected chi connectivity index (χ3v) is 3.69. The van der Waals surface area contributed by atoms with Crippen LogP contribution in [0, 0.1) is 0 Å². The summed E-state index contributed by atoms with van der Waals surface area (Å²) in [6.07, 6.45) is 0. The van der Waals surface area contributed by atoms with Crippen molar-refractivity contribution in [2.45, 2.75) is 39.5 Å². The smallest absolute Gasteiger partial charge is 0.213 e. The Labute approximate surface area is 134 Å². The Balaban J connectivity index is 1.96. The van der Waals surface area contributed by atoms with E-state index in [1.54, 1.807) is 0 Å². The first-order valence-electron chi connectivity index (χ1n) is 7.01. The van der Waals surface area contributed by atoms with Crippen LogP contribution >= 0.6 is 15.9 Å². The maximum Gasteiger partial charge on any atom is 0.213 e. The molecule has 1 heterocycles. The fourth-order valence-corrected chi connectivity index (χ4v) is 2.16. The highest BCUT2D eigenvalue weighted by atomic mass is 79.9. The maximum absolute atomic E-state index is 5.78. The number of aromatic nitrogens is 1. The number of nitrogens with zero attached hydrogens (tertiary/aromatic N) is 1. The number of ether oxygens (including phenoxy) is 1. The molecule has 1 N–H and O–H groups in total. The molecule has 0 radical (unpaired) electrons. The zero-order chi connectivity index (χ0) is 15.3. The molecule has 0 amide bonds. The average Bonchev–Trinajstić information content (AvgIpc) is 2.44. The molecule has 1 aromatic carbocycles. The molecule has 21 heavy (non-hydrogen) atoms. The van der Waals surface area contributed by atoms with Gasteiger partial charge in [-0.3, -0.25) is 0 Å². The summed E-state index contributed by atoms with van der Waals surface area (Å²) >= 11 is 3.52. The van der Waals surface area contributed by atoms with Crippen molar-refractivity contribution in [2.75, 3.05) is 0 Å². The predicted octanol–water partition coefficient (Wildman–Crippen LogP) is 4.31. The minimum atomic E-state index is 0.0768. The molecule has 112 valence electrons. The third-order valence-electron chi connectivity index (χ3n) is 2.91. The van der Waals surface area contributed by atoms with Crippen LogP contribution < -0.4 is 10.1 Å². The van der Waals surface area contributed by atoms with Crippen LogP contribution in [-0.2, 0) is 13.2 Å². The molecule has 0 atom stereocenters. The summed E-state index contributed by atoms with van der Waals surface area (Å²) in [5.74, 6) is 0.652. The van der Waals surface area contributed by atoms with E-state index in [2.05, 4.69) is 47.0 Å². The van der Waals surface area contributed by atoms with Gasteiger partial charge in [-0.25, -0.2) is 4.98 Å². The number of pyridine rings is 1. The summed E-state index contributed by atoms with van der Waals surface area (Å²) in [6, 6.07) is 13.9.